The van der Waals surface area contributed by atoms with E-state index in [1.165, 1.54) is 7.11 Å². The van der Waals surface area contributed by atoms with E-state index in [0.717, 1.165) is 12.5 Å². The minimum absolute atomic E-state index is 0. The summed E-state index contributed by atoms with van der Waals surface area (Å²) in [4.78, 5) is 18.5. The number of ether oxygens (including phenoxy) is 2. The van der Waals surface area contributed by atoms with Gasteiger partial charge in [0.2, 0.25) is 0 Å². The number of carbonyl (C=O) groups is 1. The molecule has 0 aliphatic rings. The molecule has 0 atom stereocenters. The van der Waals surface area contributed by atoms with Crippen molar-refractivity contribution in [3.8, 4) is 56.9 Å². The number of aromatic nitrogens is 2. The average molecular weight is 555 g/mol. The van der Waals surface area contributed by atoms with Crippen LogP contribution in [0.2, 0.25) is 0 Å². The summed E-state index contributed by atoms with van der Waals surface area (Å²) < 4.78 is 10.6. The summed E-state index contributed by atoms with van der Waals surface area (Å²) in [6.07, 6.45) is 2.43. The van der Waals surface area contributed by atoms with Gasteiger partial charge in [-0.25, -0.2) is 9.97 Å². The summed E-state index contributed by atoms with van der Waals surface area (Å²) in [5.41, 5.74) is 4.52. The van der Waals surface area contributed by atoms with Crippen molar-refractivity contribution in [2.45, 2.75) is 13.3 Å². The number of phenolic OH excluding ortho intramolecular Hbond substituents is 2. The minimum Gasteiger partial charge on any atom is -0.507 e. The molecular weight excluding hydrogens is 527 g/mol. The SMILES string of the molecule is C=CCc1cc(OC)c(O)c(-c2cccc(-c3cccc(-c4cc(OC)ccc4O)n3)n2)c1.CC(=O)O.[Mn]. The summed E-state index contributed by atoms with van der Waals surface area (Å²) in [6, 6.07) is 19.7. The summed E-state index contributed by atoms with van der Waals surface area (Å²) in [6.45, 7) is 4.87. The van der Waals surface area contributed by atoms with E-state index >= 15 is 0 Å². The van der Waals surface area contributed by atoms with Gasteiger partial charge in [-0.2, -0.15) is 0 Å². The molecule has 2 aromatic carbocycles. The summed E-state index contributed by atoms with van der Waals surface area (Å²) in [5.74, 6) is 0.306. The van der Waals surface area contributed by atoms with Crippen LogP contribution >= 0.6 is 0 Å². The van der Waals surface area contributed by atoms with Crippen LogP contribution in [0.15, 0.2) is 79.4 Å². The van der Waals surface area contributed by atoms with E-state index in [9.17, 15) is 10.2 Å². The third-order valence-corrected chi connectivity index (χ3v) is 5.25. The predicted molar refractivity (Wildman–Crippen MR) is 142 cm³/mol. The molecule has 1 radical (unpaired) electrons. The zero-order valence-electron chi connectivity index (χ0n) is 21.2. The second-order valence-electron chi connectivity index (χ2n) is 7.91. The van der Waals surface area contributed by atoms with Crippen molar-refractivity contribution in [1.82, 2.24) is 9.97 Å². The average Bonchev–Trinajstić information content (AvgIpc) is 2.90. The van der Waals surface area contributed by atoms with Gasteiger partial charge in [0.15, 0.2) is 11.5 Å². The van der Waals surface area contributed by atoms with Crippen molar-refractivity contribution in [3.63, 3.8) is 0 Å². The first-order chi connectivity index (χ1) is 17.8. The third-order valence-electron chi connectivity index (χ3n) is 5.25. The van der Waals surface area contributed by atoms with Crippen LogP contribution in [0.4, 0.5) is 0 Å². The van der Waals surface area contributed by atoms with Crippen LogP contribution in [0.5, 0.6) is 23.0 Å². The standard InChI is InChI=1S/C27H24N2O4.C2H4O2.Mn/c1-4-7-17-14-20(27(31)26(15-17)33-3)22-9-6-11-24(29-22)23-10-5-8-21(28-23)19-16-18(32-2)12-13-25(19)30;1-2(3)4;/h4-6,8-16,30-31H,1,7H2,2-3H3;1H3,(H,3,4);. The second kappa shape index (κ2) is 13.8. The van der Waals surface area contributed by atoms with Crippen LogP contribution in [0, 0.1) is 0 Å². The Kier molecular flexibility index (Phi) is 10.9. The maximum Gasteiger partial charge on any atom is 0.300 e. The maximum absolute atomic E-state index is 10.7. The van der Waals surface area contributed by atoms with Gasteiger partial charge < -0.3 is 24.8 Å². The molecule has 0 bridgehead atoms. The first-order valence-corrected chi connectivity index (χ1v) is 11.3. The van der Waals surface area contributed by atoms with Gasteiger partial charge in [0.25, 0.3) is 5.97 Å². The van der Waals surface area contributed by atoms with Gasteiger partial charge >= 0.3 is 0 Å². The van der Waals surface area contributed by atoms with E-state index < -0.39 is 5.97 Å². The molecule has 38 heavy (non-hydrogen) atoms. The van der Waals surface area contributed by atoms with E-state index in [4.69, 9.17) is 29.3 Å². The number of allylic oxidation sites excluding steroid dienone is 1. The Morgan fingerprint density at radius 3 is 1.95 bits per heavy atom. The number of carboxylic acids is 1. The van der Waals surface area contributed by atoms with Crippen molar-refractivity contribution in [2.75, 3.05) is 14.2 Å². The Morgan fingerprint density at radius 1 is 0.868 bits per heavy atom. The van der Waals surface area contributed by atoms with Crippen molar-refractivity contribution < 1.29 is 46.7 Å². The van der Waals surface area contributed by atoms with Gasteiger partial charge in [-0.1, -0.05) is 18.2 Å². The van der Waals surface area contributed by atoms with E-state index in [1.54, 1.807) is 37.5 Å². The summed E-state index contributed by atoms with van der Waals surface area (Å²) in [7, 11) is 3.09. The molecule has 0 saturated carbocycles. The van der Waals surface area contributed by atoms with Crippen molar-refractivity contribution in [2.24, 2.45) is 0 Å². The van der Waals surface area contributed by atoms with Crippen LogP contribution in [0.3, 0.4) is 0 Å². The molecule has 0 fully saturated rings. The predicted octanol–water partition coefficient (Wildman–Crippen LogP) is 5.72. The van der Waals surface area contributed by atoms with Crippen LogP contribution in [-0.4, -0.2) is 45.5 Å². The molecule has 0 amide bonds. The Balaban J connectivity index is 0.000000947. The first-order valence-electron chi connectivity index (χ1n) is 11.3. The van der Waals surface area contributed by atoms with Crippen LogP contribution in [0.1, 0.15) is 12.5 Å². The van der Waals surface area contributed by atoms with Crippen molar-refractivity contribution in [3.05, 3.63) is 84.9 Å². The van der Waals surface area contributed by atoms with Crippen LogP contribution < -0.4 is 9.47 Å². The smallest absolute Gasteiger partial charge is 0.300 e. The van der Waals surface area contributed by atoms with Crippen LogP contribution in [0.25, 0.3) is 33.9 Å². The number of phenols is 2. The first kappa shape index (κ1) is 29.9. The quantitative estimate of drug-likeness (QED) is 0.196. The number of aliphatic carboxylic acids is 1. The molecule has 2 heterocycles. The molecule has 0 spiro atoms. The monoisotopic (exact) mass is 555 g/mol. The van der Waals surface area contributed by atoms with E-state index in [-0.39, 0.29) is 28.6 Å². The van der Waals surface area contributed by atoms with Crippen molar-refractivity contribution in [1.29, 1.82) is 0 Å². The molecule has 0 aliphatic carbocycles. The normalized spacial score (nSPS) is 9.87. The van der Waals surface area contributed by atoms with Crippen LogP contribution in [-0.2, 0) is 28.3 Å². The van der Waals surface area contributed by atoms with E-state index in [2.05, 4.69) is 6.58 Å². The number of hydrogen-bond donors (Lipinski definition) is 3. The number of rotatable bonds is 7. The van der Waals surface area contributed by atoms with E-state index in [0.29, 0.717) is 51.8 Å². The number of methoxy groups -OCH3 is 2. The molecule has 2 aromatic heterocycles. The Bertz CT molecular complexity index is 1420. The zero-order chi connectivity index (χ0) is 26.9. The molecule has 0 unspecified atom stereocenters. The molecule has 4 rings (SSSR count). The third kappa shape index (κ3) is 7.35. The number of aromatic hydroxyl groups is 2. The van der Waals surface area contributed by atoms with Gasteiger partial charge in [0.05, 0.1) is 37.0 Å². The molecule has 0 aliphatic heterocycles. The number of hydrogen-bond acceptors (Lipinski definition) is 7. The van der Waals surface area contributed by atoms with Gasteiger partial charge in [-0.15, -0.1) is 6.58 Å². The zero-order valence-corrected chi connectivity index (χ0v) is 22.4. The summed E-state index contributed by atoms with van der Waals surface area (Å²) >= 11 is 0. The molecular formula is C29H28MnN2O6. The summed E-state index contributed by atoms with van der Waals surface area (Å²) in [5, 5.41) is 28.5. The van der Waals surface area contributed by atoms with E-state index in [1.807, 2.05) is 42.5 Å². The Hall–Kier alpha value is -4.33. The number of benzene rings is 2. The van der Waals surface area contributed by atoms with Crippen molar-refractivity contribution >= 4 is 5.97 Å². The van der Waals surface area contributed by atoms with Gasteiger partial charge in [-0.05, 0) is 66.6 Å². The molecule has 0 saturated heterocycles. The molecule has 3 N–H and O–H groups in total. The van der Waals surface area contributed by atoms with Gasteiger partial charge in [0.1, 0.15) is 11.5 Å². The molecule has 9 heteroatoms. The fourth-order valence-corrected chi connectivity index (χ4v) is 3.60. The topological polar surface area (TPSA) is 122 Å². The van der Waals surface area contributed by atoms with Gasteiger partial charge in [0, 0.05) is 35.1 Å². The number of carboxylic acid groups (broad SMARTS) is 1. The Morgan fingerprint density at radius 2 is 1.42 bits per heavy atom. The fourth-order valence-electron chi connectivity index (χ4n) is 3.60. The number of nitrogens with zero attached hydrogens (tertiary/aromatic N) is 2. The van der Waals surface area contributed by atoms with Gasteiger partial charge in [-0.3, -0.25) is 4.79 Å². The fraction of sp³-hybridized carbons (Fsp3) is 0.138. The largest absolute Gasteiger partial charge is 0.507 e. The molecule has 197 valence electrons. The molecule has 4 aromatic rings. The Labute approximate surface area is 231 Å². The minimum atomic E-state index is -0.833. The second-order valence-corrected chi connectivity index (χ2v) is 7.91. The molecule has 8 nitrogen and oxygen atoms in total. The number of pyridine rings is 2. The maximum atomic E-state index is 10.7.